The molecule has 0 aliphatic heterocycles. The van der Waals surface area contributed by atoms with Crippen LogP contribution >= 0.6 is 0 Å². The Labute approximate surface area is 153 Å². The predicted octanol–water partition coefficient (Wildman–Crippen LogP) is 5.44. The molecular formula is C23H36O2. The van der Waals surface area contributed by atoms with Crippen molar-refractivity contribution in [2.24, 2.45) is 46.3 Å². The van der Waals surface area contributed by atoms with E-state index >= 15 is 0 Å². The summed E-state index contributed by atoms with van der Waals surface area (Å²) in [6.45, 7) is 6.65. The molecule has 2 nitrogen and oxygen atoms in total. The van der Waals surface area contributed by atoms with E-state index in [4.69, 9.17) is 0 Å². The molecule has 4 fully saturated rings. The van der Waals surface area contributed by atoms with Gasteiger partial charge in [0.05, 0.1) is 0 Å². The Morgan fingerprint density at radius 2 is 1.84 bits per heavy atom. The first kappa shape index (κ1) is 17.7. The molecule has 4 aliphatic rings. The average Bonchev–Trinajstić information content (AvgIpc) is 3.01. The first-order valence-electron chi connectivity index (χ1n) is 11.0. The molecule has 0 aromatic carbocycles. The van der Waals surface area contributed by atoms with Gasteiger partial charge in [0.15, 0.2) is 0 Å². The number of aldehydes is 1. The van der Waals surface area contributed by atoms with Crippen molar-refractivity contribution >= 4 is 12.1 Å². The molecule has 0 unspecified atom stereocenters. The molecule has 0 saturated heterocycles. The maximum atomic E-state index is 12.8. The zero-order valence-corrected chi connectivity index (χ0v) is 16.4. The molecule has 4 rings (SSSR count). The molecule has 0 heterocycles. The normalized spacial score (nSPS) is 52.0. The highest BCUT2D eigenvalue weighted by atomic mass is 16.1. The summed E-state index contributed by atoms with van der Waals surface area (Å²) in [6, 6.07) is 0. The van der Waals surface area contributed by atoms with Gasteiger partial charge in [0.1, 0.15) is 12.1 Å². The first-order chi connectivity index (χ1) is 12.0. The highest BCUT2D eigenvalue weighted by Gasteiger charge is 2.63. The zero-order valence-electron chi connectivity index (χ0n) is 16.4. The van der Waals surface area contributed by atoms with Gasteiger partial charge in [-0.15, -0.1) is 0 Å². The second-order valence-electron chi connectivity index (χ2n) is 10.1. The Bertz CT molecular complexity index is 554. The van der Waals surface area contributed by atoms with Crippen molar-refractivity contribution in [3.63, 3.8) is 0 Å². The van der Waals surface area contributed by atoms with Crippen molar-refractivity contribution in [1.82, 2.24) is 0 Å². The van der Waals surface area contributed by atoms with Crippen LogP contribution in [-0.4, -0.2) is 12.1 Å². The van der Waals surface area contributed by atoms with Crippen molar-refractivity contribution in [3.05, 3.63) is 0 Å². The van der Waals surface area contributed by atoms with Crippen molar-refractivity contribution in [2.45, 2.75) is 85.0 Å². The largest absolute Gasteiger partial charge is 0.303 e. The van der Waals surface area contributed by atoms with Crippen LogP contribution in [0.2, 0.25) is 0 Å². The second kappa shape index (κ2) is 6.20. The van der Waals surface area contributed by atoms with E-state index in [0.717, 1.165) is 43.3 Å². The fourth-order valence-corrected chi connectivity index (χ4v) is 8.58. The molecule has 25 heavy (non-hydrogen) atoms. The Morgan fingerprint density at radius 3 is 2.52 bits per heavy atom. The first-order valence-corrected chi connectivity index (χ1v) is 11.0. The zero-order chi connectivity index (χ0) is 17.8. The summed E-state index contributed by atoms with van der Waals surface area (Å²) in [5.41, 5.74) is 0.240. The maximum Gasteiger partial charge on any atom is 0.136 e. The van der Waals surface area contributed by atoms with Crippen LogP contribution in [0.25, 0.3) is 0 Å². The van der Waals surface area contributed by atoms with Crippen LogP contribution in [0.1, 0.15) is 85.0 Å². The quantitative estimate of drug-likeness (QED) is 0.639. The molecule has 140 valence electrons. The molecule has 0 aromatic rings. The minimum absolute atomic E-state index is 0.00220. The number of ketones is 1. The minimum atomic E-state index is -0.299. The number of fused-ring (bicyclic) bond motifs is 5. The van der Waals surface area contributed by atoms with Gasteiger partial charge in [0, 0.05) is 11.3 Å². The van der Waals surface area contributed by atoms with E-state index in [-0.39, 0.29) is 11.3 Å². The lowest BCUT2D eigenvalue weighted by Crippen LogP contribution is -2.56. The van der Waals surface area contributed by atoms with Crippen LogP contribution in [-0.2, 0) is 9.59 Å². The van der Waals surface area contributed by atoms with Gasteiger partial charge in [-0.3, -0.25) is 4.79 Å². The SMILES string of the molecule is CC[C@]12CC[C@@H](C)C[C@@H]1CC[C@@H]1[C@@H]2CC[C@]2(C(C)=O)[C@@H](C=O)CC[C@@H]12. The number of Topliss-reactive ketones (excluding diaryl/α,β-unsaturated/α-hetero) is 1. The van der Waals surface area contributed by atoms with Crippen molar-refractivity contribution in [3.8, 4) is 0 Å². The van der Waals surface area contributed by atoms with Crippen LogP contribution < -0.4 is 0 Å². The topological polar surface area (TPSA) is 34.1 Å². The Morgan fingerprint density at radius 1 is 1.04 bits per heavy atom. The van der Waals surface area contributed by atoms with Crippen LogP contribution in [0.15, 0.2) is 0 Å². The van der Waals surface area contributed by atoms with Gasteiger partial charge in [0.2, 0.25) is 0 Å². The molecule has 0 aromatic heterocycles. The highest BCUT2D eigenvalue weighted by molar-refractivity contribution is 5.87. The fraction of sp³-hybridized carbons (Fsp3) is 0.913. The number of hydrogen-bond donors (Lipinski definition) is 0. The van der Waals surface area contributed by atoms with Gasteiger partial charge in [-0.05, 0) is 99.7 Å². The summed E-state index contributed by atoms with van der Waals surface area (Å²) in [5, 5.41) is 0. The van der Waals surface area contributed by atoms with Gasteiger partial charge in [-0.2, -0.15) is 0 Å². The standard InChI is InChI=1S/C23H36O2/c1-4-22-11-9-15(2)13-17(22)5-7-19-20(22)10-12-23(16(3)25)18(14-24)6-8-21(19)23/h14-15,17-21H,4-13H2,1-3H3/t15-,17+,18-,19-,20+,21+,22+,23+/m1/s1. The third-order valence-electron chi connectivity index (χ3n) is 9.68. The summed E-state index contributed by atoms with van der Waals surface area (Å²) in [5.74, 6) is 4.12. The van der Waals surface area contributed by atoms with Crippen molar-refractivity contribution in [1.29, 1.82) is 0 Å². The summed E-state index contributed by atoms with van der Waals surface area (Å²) in [7, 11) is 0. The monoisotopic (exact) mass is 344 g/mol. The van der Waals surface area contributed by atoms with E-state index in [1.165, 1.54) is 44.9 Å². The van der Waals surface area contributed by atoms with Crippen molar-refractivity contribution < 1.29 is 9.59 Å². The smallest absolute Gasteiger partial charge is 0.136 e. The van der Waals surface area contributed by atoms with Gasteiger partial charge in [-0.25, -0.2) is 0 Å². The van der Waals surface area contributed by atoms with Gasteiger partial charge in [0.25, 0.3) is 0 Å². The summed E-state index contributed by atoms with van der Waals surface area (Å²) >= 11 is 0. The van der Waals surface area contributed by atoms with Gasteiger partial charge in [-0.1, -0.05) is 20.3 Å². The molecule has 4 aliphatic carbocycles. The lowest BCUT2D eigenvalue weighted by molar-refractivity contribution is -0.156. The molecular weight excluding hydrogens is 308 g/mol. The van der Waals surface area contributed by atoms with Crippen LogP contribution in [0.3, 0.4) is 0 Å². The van der Waals surface area contributed by atoms with E-state index in [9.17, 15) is 9.59 Å². The number of hydrogen-bond acceptors (Lipinski definition) is 2. The Balaban J connectivity index is 1.69. The molecule has 8 atom stereocenters. The van der Waals surface area contributed by atoms with Crippen LogP contribution in [0.4, 0.5) is 0 Å². The number of carbonyl (C=O) groups excluding carboxylic acids is 2. The lowest BCUT2D eigenvalue weighted by Gasteiger charge is -2.62. The summed E-state index contributed by atoms with van der Waals surface area (Å²) < 4.78 is 0. The Hall–Kier alpha value is -0.660. The minimum Gasteiger partial charge on any atom is -0.303 e. The van der Waals surface area contributed by atoms with E-state index in [1.54, 1.807) is 6.92 Å². The van der Waals surface area contributed by atoms with Crippen LogP contribution in [0, 0.1) is 46.3 Å². The average molecular weight is 345 g/mol. The maximum absolute atomic E-state index is 12.8. The van der Waals surface area contributed by atoms with Crippen molar-refractivity contribution in [2.75, 3.05) is 0 Å². The third-order valence-corrected chi connectivity index (χ3v) is 9.68. The molecule has 0 amide bonds. The Kier molecular flexibility index (Phi) is 4.40. The van der Waals surface area contributed by atoms with Gasteiger partial charge < -0.3 is 4.79 Å². The van der Waals surface area contributed by atoms with E-state index in [0.29, 0.717) is 23.0 Å². The molecule has 0 N–H and O–H groups in total. The van der Waals surface area contributed by atoms with Gasteiger partial charge >= 0.3 is 0 Å². The molecule has 4 saturated carbocycles. The summed E-state index contributed by atoms with van der Waals surface area (Å²) in [4.78, 5) is 24.5. The molecule has 0 radical (unpaired) electrons. The molecule has 0 spiro atoms. The van der Waals surface area contributed by atoms with E-state index in [1.807, 2.05) is 0 Å². The number of carbonyl (C=O) groups is 2. The molecule has 2 heteroatoms. The molecule has 0 bridgehead atoms. The van der Waals surface area contributed by atoms with E-state index < -0.39 is 0 Å². The highest BCUT2D eigenvalue weighted by Crippen LogP contribution is 2.68. The predicted molar refractivity (Wildman–Crippen MR) is 100 cm³/mol. The second-order valence-corrected chi connectivity index (χ2v) is 10.1. The fourth-order valence-electron chi connectivity index (χ4n) is 8.58. The van der Waals surface area contributed by atoms with Crippen LogP contribution in [0.5, 0.6) is 0 Å². The third kappa shape index (κ3) is 2.28. The number of rotatable bonds is 3. The lowest BCUT2D eigenvalue weighted by atomic mass is 9.42. The van der Waals surface area contributed by atoms with E-state index in [2.05, 4.69) is 13.8 Å². The summed E-state index contributed by atoms with van der Waals surface area (Å²) in [6.07, 6.45) is 13.6.